The van der Waals surface area contributed by atoms with Gasteiger partial charge in [0.15, 0.2) is 0 Å². The summed E-state index contributed by atoms with van der Waals surface area (Å²) in [7, 11) is 0. The van der Waals surface area contributed by atoms with Crippen molar-refractivity contribution >= 4 is 28.3 Å². The summed E-state index contributed by atoms with van der Waals surface area (Å²) in [5, 5.41) is 3.61. The standard InChI is InChI=1S/C23H18N4O/c1-2-26-19-13-7-4-10-16(19)23(22(26)28)25-17-11-5-3-9-15(17)21-24-18-12-6-8-14-20(18)27(21)23/h3-14,25H,2H2,1H3. The predicted molar refractivity (Wildman–Crippen MR) is 110 cm³/mol. The summed E-state index contributed by atoms with van der Waals surface area (Å²) >= 11 is 0. The van der Waals surface area contributed by atoms with Crippen LogP contribution >= 0.6 is 0 Å². The molecule has 0 saturated heterocycles. The molecule has 3 heterocycles. The van der Waals surface area contributed by atoms with Crippen LogP contribution in [-0.4, -0.2) is 22.0 Å². The lowest BCUT2D eigenvalue weighted by Gasteiger charge is -2.38. The summed E-state index contributed by atoms with van der Waals surface area (Å²) < 4.78 is 2.08. The first-order chi connectivity index (χ1) is 13.8. The van der Waals surface area contributed by atoms with Gasteiger partial charge in [0, 0.05) is 23.4 Å². The van der Waals surface area contributed by atoms with Gasteiger partial charge in [0.1, 0.15) is 5.82 Å². The number of nitrogens with zero attached hydrogens (tertiary/aromatic N) is 3. The highest BCUT2D eigenvalue weighted by Gasteiger charge is 2.55. The van der Waals surface area contributed by atoms with Crippen molar-refractivity contribution < 1.29 is 4.79 Å². The number of benzene rings is 3. The number of carbonyl (C=O) groups is 1. The minimum absolute atomic E-state index is 0.0232. The molecule has 1 amide bonds. The summed E-state index contributed by atoms with van der Waals surface area (Å²) in [6.45, 7) is 2.63. The SMILES string of the molecule is CCN1C(=O)C2(Nc3ccccc3-c3nc4ccccc4n32)c2ccccc21. The third kappa shape index (κ3) is 1.67. The van der Waals surface area contributed by atoms with E-state index >= 15 is 0 Å². The molecule has 0 aliphatic carbocycles. The van der Waals surface area contributed by atoms with Crippen LogP contribution in [0.15, 0.2) is 72.8 Å². The van der Waals surface area contributed by atoms with Crippen molar-refractivity contribution in [2.45, 2.75) is 12.6 Å². The van der Waals surface area contributed by atoms with Crippen LogP contribution in [0.25, 0.3) is 22.4 Å². The maximum Gasteiger partial charge on any atom is 0.279 e. The molecule has 6 rings (SSSR count). The molecule has 5 heteroatoms. The van der Waals surface area contributed by atoms with Gasteiger partial charge >= 0.3 is 0 Å². The van der Waals surface area contributed by atoms with Crippen LogP contribution in [0.3, 0.4) is 0 Å². The Balaban J connectivity index is 1.79. The number of amides is 1. The van der Waals surface area contributed by atoms with Crippen LogP contribution in [-0.2, 0) is 10.5 Å². The second-order valence-corrected chi connectivity index (χ2v) is 7.21. The van der Waals surface area contributed by atoms with Crippen molar-refractivity contribution in [3.63, 3.8) is 0 Å². The van der Waals surface area contributed by atoms with Crippen molar-refractivity contribution in [2.24, 2.45) is 0 Å². The maximum atomic E-state index is 13.9. The number of hydrogen-bond donors (Lipinski definition) is 1. The van der Waals surface area contributed by atoms with Gasteiger partial charge in [-0.3, -0.25) is 9.36 Å². The first-order valence-electron chi connectivity index (χ1n) is 9.52. The van der Waals surface area contributed by atoms with E-state index < -0.39 is 5.66 Å². The molecule has 2 aliphatic heterocycles. The summed E-state index contributed by atoms with van der Waals surface area (Å²) in [5.41, 5.74) is 4.63. The van der Waals surface area contributed by atoms with E-state index in [1.165, 1.54) is 0 Å². The summed E-state index contributed by atoms with van der Waals surface area (Å²) in [6.07, 6.45) is 0. The number of aromatic nitrogens is 2. The van der Waals surface area contributed by atoms with Crippen molar-refractivity contribution in [3.05, 3.63) is 78.4 Å². The molecule has 0 fully saturated rings. The van der Waals surface area contributed by atoms with Gasteiger partial charge in [-0.1, -0.05) is 42.5 Å². The van der Waals surface area contributed by atoms with Crippen molar-refractivity contribution in [1.29, 1.82) is 0 Å². The Morgan fingerprint density at radius 2 is 1.71 bits per heavy atom. The van der Waals surface area contributed by atoms with Gasteiger partial charge in [0.2, 0.25) is 5.66 Å². The number of rotatable bonds is 1. The lowest BCUT2D eigenvalue weighted by Crippen LogP contribution is -2.53. The highest BCUT2D eigenvalue weighted by molar-refractivity contribution is 6.12. The van der Waals surface area contributed by atoms with Gasteiger partial charge < -0.3 is 10.2 Å². The van der Waals surface area contributed by atoms with E-state index in [-0.39, 0.29) is 5.91 Å². The largest absolute Gasteiger partial charge is 0.350 e. The molecule has 5 nitrogen and oxygen atoms in total. The molecule has 1 aromatic heterocycles. The van der Waals surface area contributed by atoms with Crippen LogP contribution in [0.4, 0.5) is 11.4 Å². The fraction of sp³-hybridized carbons (Fsp3) is 0.130. The Kier molecular flexibility index (Phi) is 2.88. The molecule has 1 unspecified atom stereocenters. The Labute approximate surface area is 162 Å². The minimum atomic E-state index is -1.04. The lowest BCUT2D eigenvalue weighted by molar-refractivity contribution is -0.123. The second-order valence-electron chi connectivity index (χ2n) is 7.21. The van der Waals surface area contributed by atoms with Gasteiger partial charge in [-0.15, -0.1) is 0 Å². The van der Waals surface area contributed by atoms with Crippen molar-refractivity contribution in [1.82, 2.24) is 9.55 Å². The number of fused-ring (bicyclic) bond motifs is 8. The average molecular weight is 366 g/mol. The van der Waals surface area contributed by atoms with Crippen LogP contribution in [0.5, 0.6) is 0 Å². The Hall–Kier alpha value is -3.60. The summed E-state index contributed by atoms with van der Waals surface area (Å²) in [4.78, 5) is 20.7. The second kappa shape index (κ2) is 5.23. The van der Waals surface area contributed by atoms with Crippen LogP contribution in [0, 0.1) is 0 Å². The molecule has 0 bridgehead atoms. The molecular weight excluding hydrogens is 348 g/mol. The van der Waals surface area contributed by atoms with Gasteiger partial charge in [-0.25, -0.2) is 4.98 Å². The smallest absolute Gasteiger partial charge is 0.279 e. The minimum Gasteiger partial charge on any atom is -0.350 e. The predicted octanol–water partition coefficient (Wildman–Crippen LogP) is 4.20. The summed E-state index contributed by atoms with van der Waals surface area (Å²) in [6, 6.07) is 24.1. The number of imidazole rings is 1. The third-order valence-electron chi connectivity index (χ3n) is 5.84. The van der Waals surface area contributed by atoms with Crippen molar-refractivity contribution in [3.8, 4) is 11.4 Å². The first-order valence-corrected chi connectivity index (χ1v) is 9.52. The molecule has 1 spiro atoms. The zero-order chi connectivity index (χ0) is 18.9. The third-order valence-corrected chi connectivity index (χ3v) is 5.84. The van der Waals surface area contributed by atoms with E-state index in [2.05, 4.69) is 16.0 Å². The lowest BCUT2D eigenvalue weighted by atomic mass is 9.95. The average Bonchev–Trinajstić information content (AvgIpc) is 3.24. The van der Waals surface area contributed by atoms with E-state index in [4.69, 9.17) is 4.98 Å². The highest BCUT2D eigenvalue weighted by Crippen LogP contribution is 2.50. The quantitative estimate of drug-likeness (QED) is 0.549. The van der Waals surface area contributed by atoms with Gasteiger partial charge in [0.05, 0.1) is 16.7 Å². The normalized spacial score (nSPS) is 19.5. The molecule has 1 atom stereocenters. The van der Waals surface area contributed by atoms with Crippen LogP contribution < -0.4 is 10.2 Å². The zero-order valence-electron chi connectivity index (χ0n) is 15.4. The number of likely N-dealkylation sites (N-methyl/N-ethyl adjacent to an activating group) is 1. The van der Waals surface area contributed by atoms with Gasteiger partial charge in [-0.2, -0.15) is 0 Å². The Morgan fingerprint density at radius 1 is 0.964 bits per heavy atom. The molecule has 3 aromatic carbocycles. The molecule has 4 aromatic rings. The molecule has 28 heavy (non-hydrogen) atoms. The van der Waals surface area contributed by atoms with E-state index in [0.29, 0.717) is 6.54 Å². The summed E-state index contributed by atoms with van der Waals surface area (Å²) in [5.74, 6) is 0.840. The fourth-order valence-electron chi connectivity index (χ4n) is 4.67. The number of hydrogen-bond acceptors (Lipinski definition) is 3. The molecule has 136 valence electrons. The topological polar surface area (TPSA) is 50.2 Å². The fourth-order valence-corrected chi connectivity index (χ4v) is 4.67. The Bertz CT molecular complexity index is 1270. The van der Waals surface area contributed by atoms with E-state index in [1.54, 1.807) is 0 Å². The van der Waals surface area contributed by atoms with Crippen molar-refractivity contribution in [2.75, 3.05) is 16.8 Å². The maximum absolute atomic E-state index is 13.9. The Morgan fingerprint density at radius 3 is 2.61 bits per heavy atom. The first kappa shape index (κ1) is 15.5. The number of anilines is 2. The van der Waals surface area contributed by atoms with Gasteiger partial charge in [0.25, 0.3) is 5.91 Å². The van der Waals surface area contributed by atoms with Crippen LogP contribution in [0.1, 0.15) is 12.5 Å². The molecule has 2 aliphatic rings. The van der Waals surface area contributed by atoms with E-state index in [0.717, 1.165) is 39.4 Å². The monoisotopic (exact) mass is 366 g/mol. The number of carbonyl (C=O) groups excluding carboxylic acids is 1. The van der Waals surface area contributed by atoms with Crippen LogP contribution in [0.2, 0.25) is 0 Å². The molecule has 0 radical (unpaired) electrons. The van der Waals surface area contributed by atoms with E-state index in [9.17, 15) is 4.79 Å². The van der Waals surface area contributed by atoms with E-state index in [1.807, 2.05) is 78.6 Å². The molecular formula is C23H18N4O. The number of nitrogens with one attached hydrogen (secondary N) is 1. The highest BCUT2D eigenvalue weighted by atomic mass is 16.2. The van der Waals surface area contributed by atoms with Gasteiger partial charge in [-0.05, 0) is 37.3 Å². The number of para-hydroxylation sites is 4. The molecule has 1 N–H and O–H groups in total. The molecule has 0 saturated carbocycles. The zero-order valence-corrected chi connectivity index (χ0v) is 15.4.